The molecule has 0 amide bonds. The normalized spacial score (nSPS) is 28.3. The van der Waals surface area contributed by atoms with Crippen molar-refractivity contribution in [2.24, 2.45) is 29.6 Å². The standard InChI is InChI=1S/C18H36/c1-6-8-10-15(5)18(14(3)4)17-12-9-11-16(7-2)13-17/h14-18H,6-13H2,1-5H3/t15?,16-,17?,18?/m1/s1. The highest BCUT2D eigenvalue weighted by atomic mass is 14.4. The van der Waals surface area contributed by atoms with Crippen molar-refractivity contribution in [2.45, 2.75) is 86.0 Å². The monoisotopic (exact) mass is 252 g/mol. The molecule has 0 nitrogen and oxygen atoms in total. The summed E-state index contributed by atoms with van der Waals surface area (Å²) in [4.78, 5) is 0. The zero-order chi connectivity index (χ0) is 13.5. The lowest BCUT2D eigenvalue weighted by molar-refractivity contribution is 0.105. The maximum absolute atomic E-state index is 2.52. The molecule has 1 saturated carbocycles. The fourth-order valence-corrected chi connectivity index (χ4v) is 4.44. The van der Waals surface area contributed by atoms with E-state index in [1.54, 1.807) is 0 Å². The van der Waals surface area contributed by atoms with Crippen LogP contribution >= 0.6 is 0 Å². The molecule has 0 heterocycles. The Balaban J connectivity index is 2.59. The van der Waals surface area contributed by atoms with Crippen molar-refractivity contribution < 1.29 is 0 Å². The van der Waals surface area contributed by atoms with E-state index >= 15 is 0 Å². The molecule has 1 rings (SSSR count). The smallest absolute Gasteiger partial charge is 0.0337 e. The summed E-state index contributed by atoms with van der Waals surface area (Å²) < 4.78 is 0. The van der Waals surface area contributed by atoms with E-state index in [-0.39, 0.29) is 0 Å². The molecule has 0 heteroatoms. The highest BCUT2D eigenvalue weighted by Crippen LogP contribution is 2.42. The average Bonchev–Trinajstić information content (AvgIpc) is 2.36. The summed E-state index contributed by atoms with van der Waals surface area (Å²) in [6.07, 6.45) is 11.7. The molecule has 3 unspecified atom stereocenters. The first-order chi connectivity index (χ1) is 8.60. The van der Waals surface area contributed by atoms with Gasteiger partial charge in [-0.2, -0.15) is 0 Å². The van der Waals surface area contributed by atoms with E-state index in [9.17, 15) is 0 Å². The van der Waals surface area contributed by atoms with Crippen molar-refractivity contribution in [1.82, 2.24) is 0 Å². The number of hydrogen-bond donors (Lipinski definition) is 0. The van der Waals surface area contributed by atoms with Crippen LogP contribution in [0.1, 0.15) is 86.0 Å². The van der Waals surface area contributed by atoms with Gasteiger partial charge in [0.15, 0.2) is 0 Å². The van der Waals surface area contributed by atoms with Crippen molar-refractivity contribution in [3.05, 3.63) is 0 Å². The van der Waals surface area contributed by atoms with E-state index in [0.717, 1.165) is 29.6 Å². The maximum Gasteiger partial charge on any atom is -0.0337 e. The van der Waals surface area contributed by atoms with Gasteiger partial charge in [-0.3, -0.25) is 0 Å². The van der Waals surface area contributed by atoms with Crippen LogP contribution in [-0.4, -0.2) is 0 Å². The summed E-state index contributed by atoms with van der Waals surface area (Å²) in [6.45, 7) is 12.2. The quantitative estimate of drug-likeness (QED) is 0.498. The second-order valence-electron chi connectivity index (χ2n) is 7.14. The fourth-order valence-electron chi connectivity index (χ4n) is 4.44. The molecule has 0 aliphatic heterocycles. The third-order valence-corrected chi connectivity index (χ3v) is 5.38. The molecule has 0 saturated heterocycles. The minimum Gasteiger partial charge on any atom is -0.0654 e. The van der Waals surface area contributed by atoms with E-state index in [1.807, 2.05) is 0 Å². The van der Waals surface area contributed by atoms with Crippen molar-refractivity contribution in [2.75, 3.05) is 0 Å². The molecule has 108 valence electrons. The minimum absolute atomic E-state index is 0.873. The molecule has 1 aliphatic rings. The first-order valence-electron chi connectivity index (χ1n) is 8.60. The largest absolute Gasteiger partial charge is 0.0654 e. The Bertz CT molecular complexity index is 206. The van der Waals surface area contributed by atoms with Gasteiger partial charge in [0.05, 0.1) is 0 Å². The minimum atomic E-state index is 0.873. The van der Waals surface area contributed by atoms with Gasteiger partial charge in [-0.05, 0) is 36.0 Å². The van der Waals surface area contributed by atoms with Crippen molar-refractivity contribution in [1.29, 1.82) is 0 Å². The van der Waals surface area contributed by atoms with Crippen LogP contribution in [0.25, 0.3) is 0 Å². The van der Waals surface area contributed by atoms with Crippen LogP contribution in [-0.2, 0) is 0 Å². The SMILES string of the molecule is CCCCC(C)C(C(C)C)C1CCC[C@@H](CC)C1. The predicted molar refractivity (Wildman–Crippen MR) is 82.8 cm³/mol. The summed E-state index contributed by atoms with van der Waals surface area (Å²) >= 11 is 0. The average molecular weight is 252 g/mol. The van der Waals surface area contributed by atoms with Crippen molar-refractivity contribution in [3.8, 4) is 0 Å². The molecule has 0 aromatic rings. The molecule has 1 fully saturated rings. The van der Waals surface area contributed by atoms with Gasteiger partial charge in [-0.25, -0.2) is 0 Å². The summed E-state index contributed by atoms with van der Waals surface area (Å²) in [7, 11) is 0. The van der Waals surface area contributed by atoms with Crippen LogP contribution < -0.4 is 0 Å². The molecule has 0 radical (unpaired) electrons. The van der Waals surface area contributed by atoms with E-state index in [0.29, 0.717) is 0 Å². The van der Waals surface area contributed by atoms with Gasteiger partial charge in [-0.1, -0.05) is 79.6 Å². The van der Waals surface area contributed by atoms with Crippen LogP contribution in [0.2, 0.25) is 0 Å². The molecule has 0 aromatic heterocycles. The second-order valence-corrected chi connectivity index (χ2v) is 7.14. The Labute approximate surface area is 116 Å². The fraction of sp³-hybridized carbons (Fsp3) is 1.00. The lowest BCUT2D eigenvalue weighted by atomic mass is 9.66. The summed E-state index contributed by atoms with van der Waals surface area (Å²) in [5.41, 5.74) is 0. The molecule has 4 atom stereocenters. The highest BCUT2D eigenvalue weighted by molar-refractivity contribution is 4.82. The molecular formula is C18H36. The zero-order valence-electron chi connectivity index (χ0n) is 13.5. The zero-order valence-corrected chi connectivity index (χ0v) is 13.5. The van der Waals surface area contributed by atoms with E-state index in [4.69, 9.17) is 0 Å². The Morgan fingerprint density at radius 1 is 1.06 bits per heavy atom. The molecular weight excluding hydrogens is 216 g/mol. The first kappa shape index (κ1) is 16.1. The van der Waals surface area contributed by atoms with Crippen molar-refractivity contribution in [3.63, 3.8) is 0 Å². The lowest BCUT2D eigenvalue weighted by Gasteiger charge is -2.40. The number of rotatable bonds is 7. The van der Waals surface area contributed by atoms with Crippen LogP contribution in [0.3, 0.4) is 0 Å². The van der Waals surface area contributed by atoms with Gasteiger partial charge in [0, 0.05) is 0 Å². The van der Waals surface area contributed by atoms with E-state index < -0.39 is 0 Å². The van der Waals surface area contributed by atoms with Crippen LogP contribution in [0.5, 0.6) is 0 Å². The molecule has 0 bridgehead atoms. The second kappa shape index (κ2) is 8.23. The van der Waals surface area contributed by atoms with E-state index in [1.165, 1.54) is 51.4 Å². The Kier molecular flexibility index (Phi) is 7.34. The van der Waals surface area contributed by atoms with Crippen LogP contribution in [0.15, 0.2) is 0 Å². The maximum atomic E-state index is 2.52. The third-order valence-electron chi connectivity index (χ3n) is 5.38. The summed E-state index contributed by atoms with van der Waals surface area (Å²) in [6, 6.07) is 0. The van der Waals surface area contributed by atoms with Gasteiger partial charge in [0.25, 0.3) is 0 Å². The molecule has 18 heavy (non-hydrogen) atoms. The summed E-state index contributed by atoms with van der Waals surface area (Å²) in [5, 5.41) is 0. The van der Waals surface area contributed by atoms with Crippen LogP contribution in [0.4, 0.5) is 0 Å². The number of hydrogen-bond acceptors (Lipinski definition) is 0. The Hall–Kier alpha value is 0. The Morgan fingerprint density at radius 3 is 2.33 bits per heavy atom. The Morgan fingerprint density at radius 2 is 1.78 bits per heavy atom. The summed E-state index contributed by atoms with van der Waals surface area (Å²) in [5.74, 6) is 4.84. The molecule has 0 spiro atoms. The van der Waals surface area contributed by atoms with Gasteiger partial charge in [-0.15, -0.1) is 0 Å². The highest BCUT2D eigenvalue weighted by Gasteiger charge is 2.32. The molecule has 0 aromatic carbocycles. The van der Waals surface area contributed by atoms with Gasteiger partial charge >= 0.3 is 0 Å². The van der Waals surface area contributed by atoms with E-state index in [2.05, 4.69) is 34.6 Å². The third kappa shape index (κ3) is 4.59. The van der Waals surface area contributed by atoms with Crippen LogP contribution in [0, 0.1) is 29.6 Å². The van der Waals surface area contributed by atoms with Gasteiger partial charge in [0.1, 0.15) is 0 Å². The molecule has 0 N–H and O–H groups in total. The number of unbranched alkanes of at least 4 members (excludes halogenated alkanes) is 1. The van der Waals surface area contributed by atoms with Crippen molar-refractivity contribution >= 4 is 0 Å². The predicted octanol–water partition coefficient (Wildman–Crippen LogP) is 6.30. The lowest BCUT2D eigenvalue weighted by Crippen LogP contribution is -2.30. The molecule has 1 aliphatic carbocycles. The van der Waals surface area contributed by atoms with Gasteiger partial charge < -0.3 is 0 Å². The first-order valence-corrected chi connectivity index (χ1v) is 8.60. The topological polar surface area (TPSA) is 0 Å². The van der Waals surface area contributed by atoms with Gasteiger partial charge in [0.2, 0.25) is 0 Å².